The van der Waals surface area contributed by atoms with Crippen molar-refractivity contribution < 1.29 is 18.0 Å². The summed E-state index contributed by atoms with van der Waals surface area (Å²) in [5, 5.41) is 2.55. The van der Waals surface area contributed by atoms with Gasteiger partial charge in [-0.05, 0) is 50.1 Å². The number of anilines is 1. The van der Waals surface area contributed by atoms with Gasteiger partial charge in [-0.1, -0.05) is 45.8 Å². The van der Waals surface area contributed by atoms with Gasteiger partial charge in [-0.3, -0.25) is 13.9 Å². The van der Waals surface area contributed by atoms with Crippen LogP contribution in [-0.2, 0) is 26.2 Å². The Hall–Kier alpha value is -2.39. The van der Waals surface area contributed by atoms with Crippen LogP contribution in [0, 0.1) is 13.8 Å². The lowest BCUT2D eigenvalue weighted by Crippen LogP contribution is -2.50. The second-order valence-corrected chi connectivity index (χ2v) is 10.3. The first-order valence-corrected chi connectivity index (χ1v) is 12.4. The number of aryl methyl sites for hydroxylation is 2. The molecular weight excluding hydrogens is 482 g/mol. The zero-order chi connectivity index (χ0) is 23.3. The maximum Gasteiger partial charge on any atom is 0.244 e. The Morgan fingerprint density at radius 1 is 1.13 bits per heavy atom. The van der Waals surface area contributed by atoms with Crippen molar-refractivity contribution in [3.05, 3.63) is 63.6 Å². The second-order valence-electron chi connectivity index (χ2n) is 7.50. The van der Waals surface area contributed by atoms with Crippen molar-refractivity contribution in [2.75, 3.05) is 24.2 Å². The van der Waals surface area contributed by atoms with E-state index in [9.17, 15) is 18.0 Å². The van der Waals surface area contributed by atoms with Gasteiger partial charge in [0.15, 0.2) is 0 Å². The number of carbonyl (C=O) groups is 2. The van der Waals surface area contributed by atoms with Crippen LogP contribution < -0.4 is 9.62 Å². The first-order chi connectivity index (χ1) is 14.4. The van der Waals surface area contributed by atoms with Crippen molar-refractivity contribution in [3.63, 3.8) is 0 Å². The van der Waals surface area contributed by atoms with Gasteiger partial charge in [0.2, 0.25) is 21.8 Å². The van der Waals surface area contributed by atoms with Crippen LogP contribution in [0.4, 0.5) is 5.69 Å². The molecule has 31 heavy (non-hydrogen) atoms. The molecule has 0 aliphatic heterocycles. The molecule has 0 saturated carbocycles. The molecule has 7 nitrogen and oxygen atoms in total. The Labute approximate surface area is 192 Å². The Morgan fingerprint density at radius 2 is 1.81 bits per heavy atom. The molecule has 0 fully saturated rings. The molecule has 0 unspecified atom stereocenters. The van der Waals surface area contributed by atoms with Gasteiger partial charge in [0.1, 0.15) is 12.6 Å². The molecule has 2 aromatic rings. The molecule has 0 aliphatic rings. The maximum absolute atomic E-state index is 13.3. The molecule has 168 valence electrons. The number of amides is 2. The first-order valence-electron chi connectivity index (χ1n) is 9.74. The topological polar surface area (TPSA) is 86.8 Å². The van der Waals surface area contributed by atoms with Crippen LogP contribution in [0.5, 0.6) is 0 Å². The van der Waals surface area contributed by atoms with Crippen molar-refractivity contribution in [2.24, 2.45) is 0 Å². The fourth-order valence-corrected chi connectivity index (χ4v) is 4.66. The molecule has 0 radical (unpaired) electrons. The van der Waals surface area contributed by atoms with Crippen LogP contribution in [-0.4, -0.2) is 51.0 Å². The van der Waals surface area contributed by atoms with Crippen LogP contribution in [0.25, 0.3) is 0 Å². The Morgan fingerprint density at radius 3 is 2.35 bits per heavy atom. The van der Waals surface area contributed by atoms with E-state index >= 15 is 0 Å². The van der Waals surface area contributed by atoms with Gasteiger partial charge in [-0.2, -0.15) is 0 Å². The fourth-order valence-electron chi connectivity index (χ4n) is 3.30. The fraction of sp³-hybridized carbons (Fsp3) is 0.364. The van der Waals surface area contributed by atoms with Crippen LogP contribution in [0.15, 0.2) is 46.9 Å². The SMILES string of the molecule is CNC(=O)[C@H](C)N(Cc1cccc(Br)c1)C(=O)CN(c1ccc(C)cc1C)S(C)(=O)=O. The minimum absolute atomic E-state index is 0.164. The average Bonchev–Trinajstić information content (AvgIpc) is 2.68. The number of rotatable bonds is 8. The van der Waals surface area contributed by atoms with Crippen LogP contribution in [0.2, 0.25) is 0 Å². The maximum atomic E-state index is 13.3. The number of nitrogens with zero attached hydrogens (tertiary/aromatic N) is 2. The monoisotopic (exact) mass is 509 g/mol. The van der Waals surface area contributed by atoms with E-state index in [4.69, 9.17) is 0 Å². The zero-order valence-electron chi connectivity index (χ0n) is 18.3. The molecule has 0 saturated heterocycles. The Kier molecular flexibility index (Phi) is 8.25. The predicted molar refractivity (Wildman–Crippen MR) is 126 cm³/mol. The van der Waals surface area contributed by atoms with E-state index in [1.54, 1.807) is 26.0 Å². The van der Waals surface area contributed by atoms with E-state index in [1.807, 2.05) is 37.3 Å². The molecule has 1 atom stereocenters. The van der Waals surface area contributed by atoms with Gasteiger partial charge in [0, 0.05) is 18.1 Å². The Balaban J connectivity index is 2.42. The highest BCUT2D eigenvalue weighted by molar-refractivity contribution is 9.10. The van der Waals surface area contributed by atoms with E-state index in [-0.39, 0.29) is 12.5 Å². The Bertz CT molecular complexity index is 1070. The summed E-state index contributed by atoms with van der Waals surface area (Å²) in [6.07, 6.45) is 1.07. The number of sulfonamides is 1. The molecule has 0 aromatic heterocycles. The third-order valence-electron chi connectivity index (χ3n) is 4.96. The molecular formula is C22H28BrN3O4S. The highest BCUT2D eigenvalue weighted by Gasteiger charge is 2.30. The summed E-state index contributed by atoms with van der Waals surface area (Å²) in [5.41, 5.74) is 2.99. The van der Waals surface area contributed by atoms with E-state index in [0.717, 1.165) is 31.7 Å². The molecule has 2 aromatic carbocycles. The van der Waals surface area contributed by atoms with E-state index < -0.39 is 28.5 Å². The van der Waals surface area contributed by atoms with E-state index in [2.05, 4.69) is 21.2 Å². The molecule has 1 N–H and O–H groups in total. The van der Waals surface area contributed by atoms with Gasteiger partial charge in [0.25, 0.3) is 0 Å². The lowest BCUT2D eigenvalue weighted by Gasteiger charge is -2.31. The molecule has 0 bridgehead atoms. The number of hydrogen-bond acceptors (Lipinski definition) is 4. The lowest BCUT2D eigenvalue weighted by atomic mass is 10.1. The quantitative estimate of drug-likeness (QED) is 0.592. The van der Waals surface area contributed by atoms with Gasteiger partial charge >= 0.3 is 0 Å². The molecule has 2 rings (SSSR count). The minimum Gasteiger partial charge on any atom is -0.357 e. The average molecular weight is 510 g/mol. The number of likely N-dealkylation sites (N-methyl/N-ethyl adjacent to an activating group) is 1. The van der Waals surface area contributed by atoms with Gasteiger partial charge < -0.3 is 10.2 Å². The van der Waals surface area contributed by atoms with Crippen LogP contribution in [0.1, 0.15) is 23.6 Å². The molecule has 2 amide bonds. The van der Waals surface area contributed by atoms with Crippen LogP contribution in [0.3, 0.4) is 0 Å². The third kappa shape index (κ3) is 6.54. The standard InChI is InChI=1S/C22H28BrN3O4S/c1-15-9-10-20(16(2)11-15)26(31(5,29)30)14-21(27)25(17(3)22(28)24-4)13-18-7-6-8-19(23)12-18/h6-12,17H,13-14H2,1-5H3,(H,24,28)/t17-/m0/s1. The van der Waals surface area contributed by atoms with Crippen LogP contribution >= 0.6 is 15.9 Å². The summed E-state index contributed by atoms with van der Waals surface area (Å²) in [5.74, 6) is -0.803. The van der Waals surface area contributed by atoms with Crippen molar-refractivity contribution >= 4 is 43.5 Å². The summed E-state index contributed by atoms with van der Waals surface area (Å²) >= 11 is 3.41. The smallest absolute Gasteiger partial charge is 0.244 e. The second kappa shape index (κ2) is 10.3. The largest absolute Gasteiger partial charge is 0.357 e. The van der Waals surface area contributed by atoms with Gasteiger partial charge in [-0.15, -0.1) is 0 Å². The number of nitrogens with one attached hydrogen (secondary N) is 1. The highest BCUT2D eigenvalue weighted by atomic mass is 79.9. The highest BCUT2D eigenvalue weighted by Crippen LogP contribution is 2.24. The van der Waals surface area contributed by atoms with Crippen molar-refractivity contribution in [1.82, 2.24) is 10.2 Å². The number of halogens is 1. The number of hydrogen-bond donors (Lipinski definition) is 1. The normalized spacial score (nSPS) is 12.2. The van der Waals surface area contributed by atoms with Crippen molar-refractivity contribution in [3.8, 4) is 0 Å². The molecule has 0 heterocycles. The van der Waals surface area contributed by atoms with Gasteiger partial charge in [0.05, 0.1) is 11.9 Å². The zero-order valence-corrected chi connectivity index (χ0v) is 20.7. The third-order valence-corrected chi connectivity index (χ3v) is 6.58. The lowest BCUT2D eigenvalue weighted by molar-refractivity contribution is -0.139. The first kappa shape index (κ1) is 24.9. The summed E-state index contributed by atoms with van der Waals surface area (Å²) in [4.78, 5) is 27.0. The number of benzene rings is 2. The van der Waals surface area contributed by atoms with Crippen molar-refractivity contribution in [1.29, 1.82) is 0 Å². The molecule has 0 spiro atoms. The van der Waals surface area contributed by atoms with E-state index in [1.165, 1.54) is 11.9 Å². The van der Waals surface area contributed by atoms with Crippen molar-refractivity contribution in [2.45, 2.75) is 33.4 Å². The molecule has 9 heteroatoms. The summed E-state index contributed by atoms with van der Waals surface area (Å²) in [6, 6.07) is 12.0. The summed E-state index contributed by atoms with van der Waals surface area (Å²) in [7, 11) is -2.24. The summed E-state index contributed by atoms with van der Waals surface area (Å²) in [6.45, 7) is 5.10. The number of carbonyl (C=O) groups excluding carboxylic acids is 2. The molecule has 0 aliphatic carbocycles. The minimum atomic E-state index is -3.74. The van der Waals surface area contributed by atoms with E-state index in [0.29, 0.717) is 5.69 Å². The predicted octanol–water partition coefficient (Wildman–Crippen LogP) is 3.00. The van der Waals surface area contributed by atoms with Gasteiger partial charge in [-0.25, -0.2) is 8.42 Å². The summed E-state index contributed by atoms with van der Waals surface area (Å²) < 4.78 is 27.1.